The number of hydrogen-bond acceptors (Lipinski definition) is 6. The van der Waals surface area contributed by atoms with Crippen molar-refractivity contribution < 1.29 is 9.47 Å². The van der Waals surface area contributed by atoms with Crippen molar-refractivity contribution in [1.29, 1.82) is 0 Å². The Labute approximate surface area is 178 Å². The van der Waals surface area contributed by atoms with Gasteiger partial charge in [0.15, 0.2) is 0 Å². The lowest BCUT2D eigenvalue weighted by Crippen LogP contribution is -2.30. The predicted molar refractivity (Wildman–Crippen MR) is 119 cm³/mol. The molecule has 2 aromatic rings. The first-order valence-corrected chi connectivity index (χ1v) is 11.3. The summed E-state index contributed by atoms with van der Waals surface area (Å²) in [4.78, 5) is 8.33. The minimum Gasteiger partial charge on any atom is -0.479 e. The van der Waals surface area contributed by atoms with E-state index >= 15 is 0 Å². The zero-order valence-corrected chi connectivity index (χ0v) is 18.5. The van der Waals surface area contributed by atoms with Gasteiger partial charge in [-0.3, -0.25) is 0 Å². The van der Waals surface area contributed by atoms with Gasteiger partial charge in [-0.1, -0.05) is 19.1 Å². The molecule has 0 unspecified atom stereocenters. The zero-order valence-electron chi connectivity index (χ0n) is 17.7. The standard InChI is InChI=1S/C23H31N3O2S/c1-23(10-14-28-15-11-23)18-4-6-19(7-5-18)29-25-21-16-17-8-12-26(2)13-9-20(17)24-22(21)27-3/h4-7,16,25H,8-15H2,1-3H3. The first-order valence-electron chi connectivity index (χ1n) is 10.4. The summed E-state index contributed by atoms with van der Waals surface area (Å²) in [7, 11) is 3.86. The fourth-order valence-electron chi connectivity index (χ4n) is 4.11. The van der Waals surface area contributed by atoms with Crippen molar-refractivity contribution in [2.24, 2.45) is 0 Å². The summed E-state index contributed by atoms with van der Waals surface area (Å²) in [5.41, 5.74) is 5.06. The molecule has 0 amide bonds. The van der Waals surface area contributed by atoms with E-state index in [1.165, 1.54) is 16.0 Å². The van der Waals surface area contributed by atoms with E-state index in [4.69, 9.17) is 14.5 Å². The second kappa shape index (κ2) is 8.94. The summed E-state index contributed by atoms with van der Waals surface area (Å²) in [6.45, 7) is 6.17. The Morgan fingerprint density at radius 3 is 2.59 bits per heavy atom. The van der Waals surface area contributed by atoms with Crippen LogP contribution >= 0.6 is 11.9 Å². The SMILES string of the molecule is COc1nc2c(cc1NSc1ccc(C3(C)CCOCC3)cc1)CCN(C)CC2. The van der Waals surface area contributed by atoms with Crippen molar-refractivity contribution in [1.82, 2.24) is 9.88 Å². The quantitative estimate of drug-likeness (QED) is 0.737. The number of nitrogens with one attached hydrogen (secondary N) is 1. The summed E-state index contributed by atoms with van der Waals surface area (Å²) < 4.78 is 14.6. The molecule has 0 spiro atoms. The maximum atomic E-state index is 5.57. The van der Waals surface area contributed by atoms with Crippen LogP contribution in [0.1, 0.15) is 36.6 Å². The lowest BCUT2D eigenvalue weighted by Gasteiger charge is -2.34. The molecule has 156 valence electrons. The average molecular weight is 414 g/mol. The Morgan fingerprint density at radius 1 is 1.14 bits per heavy atom. The molecule has 1 fully saturated rings. The van der Waals surface area contributed by atoms with Crippen LogP contribution in [0.4, 0.5) is 5.69 Å². The van der Waals surface area contributed by atoms with E-state index < -0.39 is 0 Å². The minimum absolute atomic E-state index is 0.228. The highest BCUT2D eigenvalue weighted by Crippen LogP contribution is 2.36. The summed E-state index contributed by atoms with van der Waals surface area (Å²) in [6.07, 6.45) is 4.18. The molecule has 1 aromatic carbocycles. The first-order chi connectivity index (χ1) is 14.1. The summed E-state index contributed by atoms with van der Waals surface area (Å²) in [5.74, 6) is 0.673. The lowest BCUT2D eigenvalue weighted by atomic mass is 9.76. The van der Waals surface area contributed by atoms with Crippen LogP contribution in [0.15, 0.2) is 35.2 Å². The van der Waals surface area contributed by atoms with Crippen LogP contribution in [0, 0.1) is 0 Å². The largest absolute Gasteiger partial charge is 0.479 e. The van der Waals surface area contributed by atoms with E-state index in [1.54, 1.807) is 19.1 Å². The topological polar surface area (TPSA) is 46.6 Å². The Bertz CT molecular complexity index is 835. The third-order valence-electron chi connectivity index (χ3n) is 6.27. The third kappa shape index (κ3) is 4.71. The molecule has 3 heterocycles. The normalized spacial score (nSPS) is 19.3. The maximum absolute atomic E-state index is 5.57. The molecular weight excluding hydrogens is 382 g/mol. The van der Waals surface area contributed by atoms with Gasteiger partial charge in [-0.2, -0.15) is 0 Å². The van der Waals surface area contributed by atoms with E-state index in [-0.39, 0.29) is 5.41 Å². The van der Waals surface area contributed by atoms with Gasteiger partial charge in [-0.25, -0.2) is 4.98 Å². The number of fused-ring (bicyclic) bond motifs is 1. The number of rotatable bonds is 5. The Morgan fingerprint density at radius 2 is 1.86 bits per heavy atom. The van der Waals surface area contributed by atoms with Crippen molar-refractivity contribution in [2.75, 3.05) is 45.2 Å². The second-order valence-electron chi connectivity index (χ2n) is 8.36. The van der Waals surface area contributed by atoms with Gasteiger partial charge >= 0.3 is 0 Å². The smallest absolute Gasteiger partial charge is 0.238 e. The monoisotopic (exact) mass is 413 g/mol. The molecule has 1 aromatic heterocycles. The molecule has 29 heavy (non-hydrogen) atoms. The van der Waals surface area contributed by atoms with E-state index in [1.807, 2.05) is 0 Å². The van der Waals surface area contributed by atoms with Crippen molar-refractivity contribution in [3.05, 3.63) is 47.2 Å². The van der Waals surface area contributed by atoms with Gasteiger partial charge in [0.2, 0.25) is 5.88 Å². The fourth-order valence-corrected chi connectivity index (χ4v) is 4.75. The molecule has 4 rings (SSSR count). The van der Waals surface area contributed by atoms with Gasteiger partial charge in [-0.15, -0.1) is 0 Å². The Kier molecular flexibility index (Phi) is 6.32. The molecule has 0 radical (unpaired) electrons. The number of hydrogen-bond donors (Lipinski definition) is 1. The molecule has 0 aliphatic carbocycles. The maximum Gasteiger partial charge on any atom is 0.238 e. The van der Waals surface area contributed by atoms with Crippen LogP contribution in [-0.4, -0.2) is 50.3 Å². The molecule has 5 nitrogen and oxygen atoms in total. The van der Waals surface area contributed by atoms with E-state index in [9.17, 15) is 0 Å². The second-order valence-corrected chi connectivity index (χ2v) is 9.24. The number of ether oxygens (including phenoxy) is 2. The number of nitrogens with zero attached hydrogens (tertiary/aromatic N) is 2. The van der Waals surface area contributed by atoms with Gasteiger partial charge in [0.05, 0.1) is 7.11 Å². The van der Waals surface area contributed by atoms with Crippen LogP contribution in [0.25, 0.3) is 0 Å². The van der Waals surface area contributed by atoms with Crippen LogP contribution < -0.4 is 9.46 Å². The van der Waals surface area contributed by atoms with Gasteiger partial charge < -0.3 is 19.1 Å². The van der Waals surface area contributed by atoms with Crippen molar-refractivity contribution >= 4 is 17.6 Å². The number of methoxy groups -OCH3 is 1. The van der Waals surface area contributed by atoms with E-state index in [0.717, 1.165) is 63.4 Å². The van der Waals surface area contributed by atoms with Gasteiger partial charge in [-0.05, 0) is 73.0 Å². The molecule has 1 saturated heterocycles. The van der Waals surface area contributed by atoms with Crippen LogP contribution in [0.3, 0.4) is 0 Å². The van der Waals surface area contributed by atoms with Crippen LogP contribution in [0.2, 0.25) is 0 Å². The molecular formula is C23H31N3O2S. The van der Waals surface area contributed by atoms with Crippen molar-refractivity contribution in [2.45, 2.75) is 42.9 Å². The lowest BCUT2D eigenvalue weighted by molar-refractivity contribution is 0.0564. The summed E-state index contributed by atoms with van der Waals surface area (Å²) in [5, 5.41) is 0. The fraction of sp³-hybridized carbons (Fsp3) is 0.522. The Hall–Kier alpha value is -1.76. The van der Waals surface area contributed by atoms with Crippen LogP contribution in [-0.2, 0) is 23.0 Å². The molecule has 2 aliphatic heterocycles. The predicted octanol–water partition coefficient (Wildman–Crippen LogP) is 4.31. The summed E-state index contributed by atoms with van der Waals surface area (Å²) >= 11 is 1.61. The van der Waals surface area contributed by atoms with E-state index in [0.29, 0.717) is 5.88 Å². The van der Waals surface area contributed by atoms with Gasteiger partial charge in [0.1, 0.15) is 5.69 Å². The Balaban J connectivity index is 1.46. The van der Waals surface area contributed by atoms with Crippen molar-refractivity contribution in [3.63, 3.8) is 0 Å². The highest BCUT2D eigenvalue weighted by molar-refractivity contribution is 8.00. The molecule has 2 aliphatic rings. The molecule has 6 heteroatoms. The highest BCUT2D eigenvalue weighted by atomic mass is 32.2. The number of likely N-dealkylation sites (N-methyl/N-ethyl adjacent to an activating group) is 1. The van der Waals surface area contributed by atoms with Gasteiger partial charge in [0, 0.05) is 43.3 Å². The molecule has 1 N–H and O–H groups in total. The highest BCUT2D eigenvalue weighted by Gasteiger charge is 2.29. The zero-order chi connectivity index (χ0) is 20.3. The van der Waals surface area contributed by atoms with Crippen molar-refractivity contribution in [3.8, 4) is 5.88 Å². The van der Waals surface area contributed by atoms with Gasteiger partial charge in [0.25, 0.3) is 0 Å². The number of anilines is 1. The number of pyridine rings is 1. The number of aromatic nitrogens is 1. The first kappa shape index (κ1) is 20.5. The summed E-state index contributed by atoms with van der Waals surface area (Å²) in [6, 6.07) is 11.1. The van der Waals surface area contributed by atoms with Crippen LogP contribution in [0.5, 0.6) is 5.88 Å². The average Bonchev–Trinajstić information content (AvgIpc) is 2.93. The molecule has 0 atom stereocenters. The number of benzene rings is 1. The third-order valence-corrected chi connectivity index (χ3v) is 7.10. The van der Waals surface area contributed by atoms with E-state index in [2.05, 4.69) is 53.9 Å². The molecule has 0 saturated carbocycles. The minimum atomic E-state index is 0.228. The molecule has 0 bridgehead atoms.